The Kier molecular flexibility index (Phi) is 3.63. The molecule has 1 aliphatic rings. The zero-order chi connectivity index (χ0) is 15.8. The maximum atomic E-state index is 5.60. The van der Waals surface area contributed by atoms with E-state index in [1.54, 1.807) is 0 Å². The molecule has 0 atom stereocenters. The van der Waals surface area contributed by atoms with Gasteiger partial charge in [-0.15, -0.1) is 0 Å². The number of hydrogen-bond acceptors (Lipinski definition) is 6. The monoisotopic (exact) mass is 312 g/mol. The Hall–Kier alpha value is -2.18. The summed E-state index contributed by atoms with van der Waals surface area (Å²) in [7, 11) is 2.15. The van der Waals surface area contributed by atoms with Gasteiger partial charge in [-0.3, -0.25) is 4.90 Å². The predicted molar refractivity (Wildman–Crippen MR) is 87.0 cm³/mol. The van der Waals surface area contributed by atoms with E-state index in [1.807, 2.05) is 31.2 Å². The molecule has 4 rings (SSSR count). The minimum absolute atomic E-state index is 0.565. The molecule has 2 aromatic heterocycles. The van der Waals surface area contributed by atoms with Crippen LogP contribution in [-0.4, -0.2) is 53.2 Å². The Bertz CT molecular complexity index is 815. The summed E-state index contributed by atoms with van der Waals surface area (Å²) in [5.74, 6) is 2.21. The van der Waals surface area contributed by atoms with Gasteiger partial charge in [0.25, 0.3) is 5.89 Å². The predicted octanol–water partition coefficient (Wildman–Crippen LogP) is 2.54. The van der Waals surface area contributed by atoms with Crippen molar-refractivity contribution in [1.29, 1.82) is 0 Å². The Morgan fingerprint density at radius 3 is 2.78 bits per heavy atom. The van der Waals surface area contributed by atoms with Crippen molar-refractivity contribution in [3.8, 4) is 11.5 Å². The molecule has 1 saturated heterocycles. The number of nitrogens with zero attached hydrogens (tertiary/aromatic N) is 4. The molecule has 3 aromatic rings. The zero-order valence-electron chi connectivity index (χ0n) is 13.5. The molecule has 0 amide bonds. The van der Waals surface area contributed by atoms with Crippen LogP contribution in [-0.2, 0) is 6.54 Å². The van der Waals surface area contributed by atoms with E-state index >= 15 is 0 Å². The van der Waals surface area contributed by atoms with Crippen LogP contribution in [0, 0.1) is 6.92 Å². The largest absolute Gasteiger partial charge is 0.461 e. The minimum atomic E-state index is 0.565. The Morgan fingerprint density at radius 1 is 1.13 bits per heavy atom. The summed E-state index contributed by atoms with van der Waals surface area (Å²) < 4.78 is 11.0. The van der Waals surface area contributed by atoms with Gasteiger partial charge in [0.2, 0.25) is 0 Å². The summed E-state index contributed by atoms with van der Waals surface area (Å²) in [5, 5.41) is 5.18. The molecule has 1 aromatic carbocycles. The first-order valence-corrected chi connectivity index (χ1v) is 7.91. The van der Waals surface area contributed by atoms with Gasteiger partial charge in [-0.25, -0.2) is 0 Å². The number of furan rings is 1. The molecule has 0 aliphatic carbocycles. The highest BCUT2D eigenvalue weighted by Crippen LogP contribution is 2.25. The summed E-state index contributed by atoms with van der Waals surface area (Å²) in [6.45, 7) is 6.94. The van der Waals surface area contributed by atoms with Crippen LogP contribution in [0.2, 0.25) is 0 Å². The van der Waals surface area contributed by atoms with Gasteiger partial charge in [0.05, 0.1) is 6.54 Å². The fourth-order valence-corrected chi connectivity index (χ4v) is 2.95. The van der Waals surface area contributed by atoms with Crippen molar-refractivity contribution in [2.45, 2.75) is 13.5 Å². The molecule has 6 heteroatoms. The quantitative estimate of drug-likeness (QED) is 0.741. The third kappa shape index (κ3) is 3.00. The lowest BCUT2D eigenvalue weighted by molar-refractivity contribution is 0.144. The van der Waals surface area contributed by atoms with Crippen molar-refractivity contribution < 1.29 is 8.94 Å². The molecule has 0 unspecified atom stereocenters. The number of likely N-dealkylation sites (N-methyl/N-ethyl adjacent to an activating group) is 1. The van der Waals surface area contributed by atoms with Gasteiger partial charge < -0.3 is 13.8 Å². The number of aryl methyl sites for hydroxylation is 1. The van der Waals surface area contributed by atoms with Crippen LogP contribution in [0.15, 0.2) is 33.2 Å². The van der Waals surface area contributed by atoms with Gasteiger partial charge in [0.1, 0.15) is 11.3 Å². The van der Waals surface area contributed by atoms with Crippen LogP contribution in [0.1, 0.15) is 11.6 Å². The molecule has 0 saturated carbocycles. The van der Waals surface area contributed by atoms with Crippen LogP contribution in [0.5, 0.6) is 0 Å². The van der Waals surface area contributed by atoms with Crippen LogP contribution >= 0.6 is 0 Å². The lowest BCUT2D eigenvalue weighted by Gasteiger charge is -2.31. The third-order valence-corrected chi connectivity index (χ3v) is 4.32. The fourth-order valence-electron chi connectivity index (χ4n) is 2.95. The first-order valence-electron chi connectivity index (χ1n) is 7.91. The fraction of sp³-hybridized carbons (Fsp3) is 0.412. The lowest BCUT2D eigenvalue weighted by atomic mass is 10.1. The first-order chi connectivity index (χ1) is 11.2. The van der Waals surface area contributed by atoms with E-state index in [0.29, 0.717) is 5.89 Å². The standard InChI is InChI=1S/C17H20N4O2/c1-12-9-14-10-13(3-4-15(14)22-12)17-18-16(19-23-17)11-21-7-5-20(2)6-8-21/h3-4,9-10H,5-8,11H2,1-2H3. The zero-order valence-corrected chi connectivity index (χ0v) is 13.5. The summed E-state index contributed by atoms with van der Waals surface area (Å²) >= 11 is 0. The van der Waals surface area contributed by atoms with Gasteiger partial charge in [0.15, 0.2) is 5.82 Å². The van der Waals surface area contributed by atoms with Crippen LogP contribution in [0.4, 0.5) is 0 Å². The Morgan fingerprint density at radius 2 is 1.96 bits per heavy atom. The van der Waals surface area contributed by atoms with Gasteiger partial charge in [0, 0.05) is 37.1 Å². The normalized spacial score (nSPS) is 17.1. The van der Waals surface area contributed by atoms with Gasteiger partial charge in [-0.1, -0.05) is 5.16 Å². The van der Waals surface area contributed by atoms with Crippen LogP contribution in [0.3, 0.4) is 0 Å². The molecule has 6 nitrogen and oxygen atoms in total. The number of fused-ring (bicyclic) bond motifs is 1. The van der Waals surface area contributed by atoms with E-state index in [0.717, 1.165) is 60.8 Å². The van der Waals surface area contributed by atoms with Gasteiger partial charge in [-0.05, 0) is 38.2 Å². The molecule has 120 valence electrons. The lowest BCUT2D eigenvalue weighted by Crippen LogP contribution is -2.44. The molecule has 0 N–H and O–H groups in total. The topological polar surface area (TPSA) is 58.5 Å². The summed E-state index contributed by atoms with van der Waals surface area (Å²) in [4.78, 5) is 9.24. The third-order valence-electron chi connectivity index (χ3n) is 4.32. The maximum Gasteiger partial charge on any atom is 0.257 e. The van der Waals surface area contributed by atoms with Crippen molar-refractivity contribution >= 4 is 11.0 Å². The number of benzene rings is 1. The molecule has 3 heterocycles. The van der Waals surface area contributed by atoms with E-state index in [9.17, 15) is 0 Å². The molecular weight excluding hydrogens is 292 g/mol. The molecule has 0 spiro atoms. The van der Waals surface area contributed by atoms with E-state index < -0.39 is 0 Å². The summed E-state index contributed by atoms with van der Waals surface area (Å²) in [5.41, 5.74) is 1.80. The van der Waals surface area contributed by atoms with Crippen molar-refractivity contribution in [3.63, 3.8) is 0 Å². The molecule has 1 aliphatic heterocycles. The maximum absolute atomic E-state index is 5.60. The molecule has 0 radical (unpaired) electrons. The highest BCUT2D eigenvalue weighted by atomic mass is 16.5. The number of piperazine rings is 1. The van der Waals surface area contributed by atoms with Crippen molar-refractivity contribution in [3.05, 3.63) is 35.9 Å². The van der Waals surface area contributed by atoms with E-state index in [-0.39, 0.29) is 0 Å². The van der Waals surface area contributed by atoms with Crippen molar-refractivity contribution in [1.82, 2.24) is 19.9 Å². The number of aromatic nitrogens is 2. The second-order valence-electron chi connectivity index (χ2n) is 6.20. The summed E-state index contributed by atoms with van der Waals surface area (Å²) in [6.07, 6.45) is 0. The Labute approximate surface area is 134 Å². The highest BCUT2D eigenvalue weighted by molar-refractivity contribution is 5.82. The molecular formula is C17H20N4O2. The second-order valence-corrected chi connectivity index (χ2v) is 6.20. The highest BCUT2D eigenvalue weighted by Gasteiger charge is 2.17. The molecule has 23 heavy (non-hydrogen) atoms. The average molecular weight is 312 g/mol. The van der Waals surface area contributed by atoms with E-state index in [1.165, 1.54) is 0 Å². The average Bonchev–Trinajstić information content (AvgIpc) is 3.14. The molecule has 1 fully saturated rings. The second kappa shape index (κ2) is 5.79. The van der Waals surface area contributed by atoms with Crippen molar-refractivity contribution in [2.24, 2.45) is 0 Å². The smallest absolute Gasteiger partial charge is 0.257 e. The number of rotatable bonds is 3. The van der Waals surface area contributed by atoms with Gasteiger partial charge >= 0.3 is 0 Å². The van der Waals surface area contributed by atoms with E-state index in [2.05, 4.69) is 27.0 Å². The summed E-state index contributed by atoms with van der Waals surface area (Å²) in [6, 6.07) is 7.94. The number of hydrogen-bond donors (Lipinski definition) is 0. The minimum Gasteiger partial charge on any atom is -0.461 e. The van der Waals surface area contributed by atoms with Crippen molar-refractivity contribution in [2.75, 3.05) is 33.2 Å². The van der Waals surface area contributed by atoms with E-state index in [4.69, 9.17) is 8.94 Å². The first kappa shape index (κ1) is 14.4. The Balaban J connectivity index is 1.52. The van der Waals surface area contributed by atoms with Crippen LogP contribution in [0.25, 0.3) is 22.4 Å². The van der Waals surface area contributed by atoms with Gasteiger partial charge in [-0.2, -0.15) is 4.98 Å². The molecule has 0 bridgehead atoms. The van der Waals surface area contributed by atoms with Crippen LogP contribution < -0.4 is 0 Å². The SMILES string of the molecule is Cc1cc2cc(-c3nc(CN4CCN(C)CC4)no3)ccc2o1.